The van der Waals surface area contributed by atoms with E-state index in [2.05, 4.69) is 22.2 Å². The molecule has 0 bridgehead atoms. The summed E-state index contributed by atoms with van der Waals surface area (Å²) < 4.78 is 5.76. The summed E-state index contributed by atoms with van der Waals surface area (Å²) in [5.41, 5.74) is 7.94. The third-order valence-electron chi connectivity index (χ3n) is 2.95. The molecule has 21 heavy (non-hydrogen) atoms. The van der Waals surface area contributed by atoms with Gasteiger partial charge in [0.05, 0.1) is 11.6 Å². The predicted octanol–water partition coefficient (Wildman–Crippen LogP) is 3.36. The standard InChI is InChI=1S/C15H14ClN3OS/c16-13-4-2-1-3-12(13)14-8-7-11(20-14)9-17-19-15(21)18-10-5-6-10/h1-5,7-8,17H,6,9H2,(H2,18,19,21). The van der Waals surface area contributed by atoms with Gasteiger partial charge in [-0.1, -0.05) is 29.8 Å². The van der Waals surface area contributed by atoms with Gasteiger partial charge in [-0.25, -0.2) is 5.43 Å². The molecule has 1 aliphatic rings. The molecule has 0 fully saturated rings. The van der Waals surface area contributed by atoms with Crippen LogP contribution in [-0.4, -0.2) is 5.11 Å². The number of thiocarbonyl (C=S) groups is 1. The number of hydrazine groups is 1. The lowest BCUT2D eigenvalue weighted by molar-refractivity contribution is 0.485. The van der Waals surface area contributed by atoms with Gasteiger partial charge in [-0.05, 0) is 36.5 Å². The Balaban J connectivity index is 1.54. The van der Waals surface area contributed by atoms with Crippen molar-refractivity contribution in [2.45, 2.75) is 13.0 Å². The summed E-state index contributed by atoms with van der Waals surface area (Å²) in [4.78, 5) is 0. The zero-order valence-corrected chi connectivity index (χ0v) is 12.7. The third kappa shape index (κ3) is 3.85. The number of rotatable bonds is 5. The van der Waals surface area contributed by atoms with E-state index in [1.54, 1.807) is 0 Å². The van der Waals surface area contributed by atoms with Crippen LogP contribution in [0, 0.1) is 0 Å². The fraction of sp³-hybridized carbons (Fsp3) is 0.133. The third-order valence-corrected chi connectivity index (χ3v) is 3.48. The van der Waals surface area contributed by atoms with Crippen LogP contribution in [0.4, 0.5) is 0 Å². The van der Waals surface area contributed by atoms with E-state index in [9.17, 15) is 0 Å². The van der Waals surface area contributed by atoms with Crippen LogP contribution in [0.5, 0.6) is 0 Å². The van der Waals surface area contributed by atoms with Crippen molar-refractivity contribution in [1.82, 2.24) is 16.2 Å². The highest BCUT2D eigenvalue weighted by atomic mass is 35.5. The zero-order chi connectivity index (χ0) is 14.7. The average Bonchev–Trinajstić information content (AvgIpc) is 3.15. The molecule has 6 heteroatoms. The number of allylic oxidation sites excluding steroid dienone is 2. The van der Waals surface area contributed by atoms with E-state index < -0.39 is 0 Å². The molecule has 0 spiro atoms. The lowest BCUT2D eigenvalue weighted by Gasteiger charge is -2.08. The van der Waals surface area contributed by atoms with Crippen LogP contribution < -0.4 is 16.2 Å². The van der Waals surface area contributed by atoms with E-state index in [-0.39, 0.29) is 0 Å². The molecule has 0 radical (unpaired) electrons. The summed E-state index contributed by atoms with van der Waals surface area (Å²) in [5.74, 6) is 1.55. The fourth-order valence-corrected chi connectivity index (χ4v) is 2.25. The molecule has 2 aromatic rings. The Morgan fingerprint density at radius 2 is 2.05 bits per heavy atom. The van der Waals surface area contributed by atoms with E-state index in [0.717, 1.165) is 29.2 Å². The SMILES string of the molecule is S=C(NNCc1ccc(-c2ccccc2Cl)o1)NC1=CC1. The first-order valence-corrected chi connectivity index (χ1v) is 7.33. The number of furan rings is 1. The molecule has 0 aliphatic heterocycles. The van der Waals surface area contributed by atoms with Crippen molar-refractivity contribution in [2.24, 2.45) is 0 Å². The Morgan fingerprint density at radius 1 is 1.24 bits per heavy atom. The monoisotopic (exact) mass is 319 g/mol. The first-order chi connectivity index (χ1) is 10.2. The van der Waals surface area contributed by atoms with Gasteiger partial charge < -0.3 is 9.73 Å². The molecular weight excluding hydrogens is 306 g/mol. The Kier molecular flexibility index (Phi) is 4.24. The molecule has 1 aliphatic carbocycles. The summed E-state index contributed by atoms with van der Waals surface area (Å²) in [6.07, 6.45) is 3.05. The number of hydrogen-bond acceptors (Lipinski definition) is 3. The summed E-state index contributed by atoms with van der Waals surface area (Å²) >= 11 is 11.3. The van der Waals surface area contributed by atoms with E-state index in [1.165, 1.54) is 0 Å². The van der Waals surface area contributed by atoms with Crippen LogP contribution >= 0.6 is 23.8 Å². The molecule has 3 rings (SSSR count). The van der Waals surface area contributed by atoms with Gasteiger partial charge in [0.2, 0.25) is 0 Å². The number of halogens is 1. The second kappa shape index (κ2) is 6.30. The van der Waals surface area contributed by atoms with Crippen molar-refractivity contribution in [3.05, 3.63) is 59.0 Å². The van der Waals surface area contributed by atoms with Crippen molar-refractivity contribution >= 4 is 28.9 Å². The second-order valence-corrected chi connectivity index (χ2v) is 5.43. The quantitative estimate of drug-likeness (QED) is 0.583. The molecular formula is C15H14ClN3OS. The van der Waals surface area contributed by atoms with Crippen LogP contribution in [0.15, 0.2) is 52.6 Å². The number of nitrogens with one attached hydrogen (secondary N) is 3. The molecule has 1 heterocycles. The van der Waals surface area contributed by atoms with Gasteiger partial charge in [0.25, 0.3) is 0 Å². The minimum Gasteiger partial charge on any atom is -0.460 e. The lowest BCUT2D eigenvalue weighted by Crippen LogP contribution is -2.42. The molecule has 1 aromatic carbocycles. The largest absolute Gasteiger partial charge is 0.460 e. The minimum absolute atomic E-state index is 0.519. The van der Waals surface area contributed by atoms with Gasteiger partial charge in [-0.15, -0.1) is 0 Å². The maximum absolute atomic E-state index is 6.15. The normalized spacial score (nSPS) is 12.7. The van der Waals surface area contributed by atoms with Gasteiger partial charge in [0.1, 0.15) is 11.5 Å². The predicted molar refractivity (Wildman–Crippen MR) is 87.6 cm³/mol. The topological polar surface area (TPSA) is 49.2 Å². The van der Waals surface area contributed by atoms with Crippen LogP contribution in [-0.2, 0) is 6.54 Å². The summed E-state index contributed by atoms with van der Waals surface area (Å²) in [6.45, 7) is 0.519. The number of hydrogen-bond donors (Lipinski definition) is 3. The summed E-state index contributed by atoms with van der Waals surface area (Å²) in [5, 5.41) is 4.28. The van der Waals surface area contributed by atoms with Crippen LogP contribution in [0.3, 0.4) is 0 Å². The molecule has 0 unspecified atom stereocenters. The van der Waals surface area contributed by atoms with Gasteiger partial charge in [0.15, 0.2) is 5.11 Å². The van der Waals surface area contributed by atoms with E-state index in [1.807, 2.05) is 36.4 Å². The van der Waals surface area contributed by atoms with E-state index in [0.29, 0.717) is 16.7 Å². The number of benzene rings is 1. The summed E-state index contributed by atoms with van der Waals surface area (Å²) in [6, 6.07) is 11.4. The van der Waals surface area contributed by atoms with Gasteiger partial charge in [-0.2, -0.15) is 0 Å². The molecule has 3 N–H and O–H groups in total. The minimum atomic E-state index is 0.519. The molecule has 0 amide bonds. The molecule has 108 valence electrons. The first kappa shape index (κ1) is 14.1. The fourth-order valence-electron chi connectivity index (χ4n) is 1.82. The molecule has 4 nitrogen and oxygen atoms in total. The van der Waals surface area contributed by atoms with Crippen molar-refractivity contribution in [1.29, 1.82) is 0 Å². The molecule has 1 aromatic heterocycles. The Labute approximate surface area is 133 Å². The van der Waals surface area contributed by atoms with Crippen molar-refractivity contribution in [3.8, 4) is 11.3 Å². The van der Waals surface area contributed by atoms with Crippen LogP contribution in [0.2, 0.25) is 5.02 Å². The van der Waals surface area contributed by atoms with Crippen molar-refractivity contribution in [2.75, 3.05) is 0 Å². The van der Waals surface area contributed by atoms with Gasteiger partial charge in [0, 0.05) is 17.7 Å². The Hall–Kier alpha value is -1.82. The van der Waals surface area contributed by atoms with Crippen LogP contribution in [0.1, 0.15) is 12.2 Å². The second-order valence-electron chi connectivity index (χ2n) is 4.61. The van der Waals surface area contributed by atoms with Gasteiger partial charge in [-0.3, -0.25) is 5.43 Å². The first-order valence-electron chi connectivity index (χ1n) is 6.55. The zero-order valence-electron chi connectivity index (χ0n) is 11.2. The smallest absolute Gasteiger partial charge is 0.185 e. The highest BCUT2D eigenvalue weighted by Crippen LogP contribution is 2.28. The Morgan fingerprint density at radius 3 is 2.81 bits per heavy atom. The molecule has 0 atom stereocenters. The van der Waals surface area contributed by atoms with Crippen LogP contribution in [0.25, 0.3) is 11.3 Å². The highest BCUT2D eigenvalue weighted by molar-refractivity contribution is 7.80. The summed E-state index contributed by atoms with van der Waals surface area (Å²) in [7, 11) is 0. The maximum Gasteiger partial charge on any atom is 0.185 e. The van der Waals surface area contributed by atoms with E-state index >= 15 is 0 Å². The van der Waals surface area contributed by atoms with Crippen molar-refractivity contribution < 1.29 is 4.42 Å². The maximum atomic E-state index is 6.15. The van der Waals surface area contributed by atoms with Crippen molar-refractivity contribution in [3.63, 3.8) is 0 Å². The Bertz CT molecular complexity index is 696. The highest BCUT2D eigenvalue weighted by Gasteiger charge is 2.09. The van der Waals surface area contributed by atoms with E-state index in [4.69, 9.17) is 28.2 Å². The lowest BCUT2D eigenvalue weighted by atomic mass is 10.2. The average molecular weight is 320 g/mol. The molecule has 0 saturated carbocycles. The van der Waals surface area contributed by atoms with Gasteiger partial charge >= 0.3 is 0 Å². The molecule has 0 saturated heterocycles.